The van der Waals surface area contributed by atoms with E-state index < -0.39 is 5.97 Å². The molecule has 2 aromatic carbocycles. The summed E-state index contributed by atoms with van der Waals surface area (Å²) in [5, 5.41) is 5.48. The number of likely N-dealkylation sites (N-methyl/N-ethyl adjacent to an activating group) is 1. The van der Waals surface area contributed by atoms with Crippen LogP contribution < -0.4 is 10.6 Å². The second kappa shape index (κ2) is 11.2. The molecule has 0 fully saturated rings. The molecule has 3 amide bonds. The van der Waals surface area contributed by atoms with Crippen molar-refractivity contribution < 1.29 is 19.1 Å². The minimum absolute atomic E-state index is 0.0554. The van der Waals surface area contributed by atoms with E-state index in [1.165, 1.54) is 5.56 Å². The highest BCUT2D eigenvalue weighted by atomic mass is 16.5. The van der Waals surface area contributed by atoms with Gasteiger partial charge in [-0.3, -0.25) is 4.79 Å². The van der Waals surface area contributed by atoms with Gasteiger partial charge in [-0.25, -0.2) is 9.59 Å². The number of amides is 3. The molecule has 0 aliphatic heterocycles. The van der Waals surface area contributed by atoms with E-state index in [-0.39, 0.29) is 24.6 Å². The molecule has 0 aromatic heterocycles. The molecular weight excluding hydrogens is 394 g/mol. The summed E-state index contributed by atoms with van der Waals surface area (Å²) in [6.45, 7) is 8.27. The highest BCUT2D eigenvalue weighted by molar-refractivity contribution is 5.91. The molecule has 0 saturated carbocycles. The Kier molecular flexibility index (Phi) is 8.61. The van der Waals surface area contributed by atoms with Crippen LogP contribution in [0.15, 0.2) is 42.5 Å². The average molecular weight is 426 g/mol. The molecule has 2 N–H and O–H groups in total. The molecule has 0 aliphatic carbocycles. The van der Waals surface area contributed by atoms with Gasteiger partial charge in [0.05, 0.1) is 5.56 Å². The number of aryl methyl sites for hydroxylation is 2. The van der Waals surface area contributed by atoms with Gasteiger partial charge in [-0.1, -0.05) is 35.9 Å². The molecule has 31 heavy (non-hydrogen) atoms. The Bertz CT molecular complexity index is 923. The first-order chi connectivity index (χ1) is 14.7. The lowest BCUT2D eigenvalue weighted by Crippen LogP contribution is -2.39. The fourth-order valence-electron chi connectivity index (χ4n) is 2.94. The van der Waals surface area contributed by atoms with Crippen LogP contribution in [0.3, 0.4) is 0 Å². The van der Waals surface area contributed by atoms with Gasteiger partial charge in [-0.05, 0) is 56.5 Å². The molecule has 0 atom stereocenters. The van der Waals surface area contributed by atoms with Gasteiger partial charge in [0.25, 0.3) is 5.91 Å². The van der Waals surface area contributed by atoms with Crippen LogP contribution in [0, 0.1) is 13.8 Å². The lowest BCUT2D eigenvalue weighted by molar-refractivity contribution is -0.133. The molecule has 0 heterocycles. The fraction of sp³-hybridized carbons (Fsp3) is 0.375. The molecule has 7 heteroatoms. The molecule has 0 bridgehead atoms. The number of hydrogen-bond donors (Lipinski definition) is 2. The monoisotopic (exact) mass is 425 g/mol. The number of rotatable bonds is 8. The third-order valence-electron chi connectivity index (χ3n) is 4.72. The Morgan fingerprint density at radius 3 is 2.32 bits per heavy atom. The van der Waals surface area contributed by atoms with Crippen LogP contribution in [0.1, 0.15) is 46.5 Å². The first-order valence-electron chi connectivity index (χ1n) is 10.3. The summed E-state index contributed by atoms with van der Waals surface area (Å²) in [5.74, 6) is -0.837. The van der Waals surface area contributed by atoms with Crippen LogP contribution in [0.25, 0.3) is 0 Å². The van der Waals surface area contributed by atoms with Gasteiger partial charge in [-0.2, -0.15) is 0 Å². The highest BCUT2D eigenvalue weighted by Gasteiger charge is 2.15. The summed E-state index contributed by atoms with van der Waals surface area (Å²) in [6.07, 6.45) is 0. The summed E-state index contributed by atoms with van der Waals surface area (Å²) in [7, 11) is 1.69. The van der Waals surface area contributed by atoms with Crippen LogP contribution in [0.5, 0.6) is 0 Å². The maximum atomic E-state index is 12.3. The van der Waals surface area contributed by atoms with Crippen molar-refractivity contribution in [1.29, 1.82) is 0 Å². The summed E-state index contributed by atoms with van der Waals surface area (Å²) in [5.41, 5.74) is 4.54. The number of hydrogen-bond acceptors (Lipinski definition) is 4. The maximum Gasteiger partial charge on any atom is 0.338 e. The fourth-order valence-corrected chi connectivity index (χ4v) is 2.94. The van der Waals surface area contributed by atoms with Crippen LogP contribution in [0.2, 0.25) is 0 Å². The van der Waals surface area contributed by atoms with Crippen molar-refractivity contribution >= 4 is 17.9 Å². The second-order valence-electron chi connectivity index (χ2n) is 7.93. The summed E-state index contributed by atoms with van der Waals surface area (Å²) < 4.78 is 5.17. The van der Waals surface area contributed by atoms with Crippen LogP contribution in [0.4, 0.5) is 4.79 Å². The minimum Gasteiger partial charge on any atom is -0.452 e. The zero-order valence-electron chi connectivity index (χ0n) is 18.8. The van der Waals surface area contributed by atoms with Crippen molar-refractivity contribution in [3.63, 3.8) is 0 Å². The van der Waals surface area contributed by atoms with Crippen LogP contribution in [-0.4, -0.2) is 42.5 Å². The summed E-state index contributed by atoms with van der Waals surface area (Å²) in [4.78, 5) is 37.8. The zero-order valence-corrected chi connectivity index (χ0v) is 18.8. The van der Waals surface area contributed by atoms with Crippen LogP contribution >= 0.6 is 0 Å². The van der Waals surface area contributed by atoms with E-state index >= 15 is 0 Å². The Labute approximate surface area is 183 Å². The van der Waals surface area contributed by atoms with Gasteiger partial charge in [0.15, 0.2) is 6.61 Å². The van der Waals surface area contributed by atoms with E-state index in [1.54, 1.807) is 36.2 Å². The summed E-state index contributed by atoms with van der Waals surface area (Å²) >= 11 is 0. The SMILES string of the molecule is Cc1ccc(CN(C)C(=O)COC(=O)c2ccc(CNC(=O)NC(C)C)cc2)c(C)c1. The van der Waals surface area contributed by atoms with Crippen molar-refractivity contribution in [3.8, 4) is 0 Å². The van der Waals surface area contributed by atoms with Gasteiger partial charge in [-0.15, -0.1) is 0 Å². The molecule has 0 aliphatic rings. The van der Waals surface area contributed by atoms with E-state index in [4.69, 9.17) is 4.74 Å². The summed E-state index contributed by atoms with van der Waals surface area (Å²) in [6, 6.07) is 12.6. The minimum atomic E-state index is -0.565. The van der Waals surface area contributed by atoms with E-state index in [0.29, 0.717) is 18.7 Å². The standard InChI is InChI=1S/C24H31N3O4/c1-16(2)26-24(30)25-13-19-7-10-20(11-8-19)23(29)31-15-22(28)27(5)14-21-9-6-17(3)12-18(21)4/h6-12,16H,13-15H2,1-5H3,(H2,25,26,30). The molecule has 2 aromatic rings. The zero-order chi connectivity index (χ0) is 23.0. The molecule has 0 unspecified atom stereocenters. The van der Waals surface area contributed by atoms with Gasteiger partial charge >= 0.3 is 12.0 Å². The predicted octanol–water partition coefficient (Wildman–Crippen LogP) is 3.33. The number of esters is 1. The molecule has 166 valence electrons. The number of urea groups is 1. The lowest BCUT2D eigenvalue weighted by Gasteiger charge is -2.18. The Morgan fingerprint density at radius 1 is 1.03 bits per heavy atom. The smallest absolute Gasteiger partial charge is 0.338 e. The topological polar surface area (TPSA) is 87.7 Å². The van der Waals surface area contributed by atoms with Crippen molar-refractivity contribution in [3.05, 3.63) is 70.3 Å². The molecule has 0 radical (unpaired) electrons. The molecular formula is C24H31N3O4. The first kappa shape index (κ1) is 23.9. The lowest BCUT2D eigenvalue weighted by atomic mass is 10.1. The van der Waals surface area contributed by atoms with E-state index in [2.05, 4.69) is 16.7 Å². The molecule has 7 nitrogen and oxygen atoms in total. The Balaban J connectivity index is 1.81. The maximum absolute atomic E-state index is 12.3. The van der Waals surface area contributed by atoms with Crippen molar-refractivity contribution in [2.24, 2.45) is 0 Å². The van der Waals surface area contributed by atoms with E-state index in [1.807, 2.05) is 39.8 Å². The number of nitrogens with zero attached hydrogens (tertiary/aromatic N) is 1. The normalized spacial score (nSPS) is 10.5. The quantitative estimate of drug-likeness (QED) is 0.635. The predicted molar refractivity (Wildman–Crippen MR) is 120 cm³/mol. The Morgan fingerprint density at radius 2 is 1.71 bits per heavy atom. The molecule has 0 saturated heterocycles. The third-order valence-corrected chi connectivity index (χ3v) is 4.72. The number of carbonyl (C=O) groups is 3. The van der Waals surface area contributed by atoms with Gasteiger partial charge in [0.1, 0.15) is 0 Å². The molecule has 0 spiro atoms. The van der Waals surface area contributed by atoms with Gasteiger partial charge in [0.2, 0.25) is 0 Å². The first-order valence-corrected chi connectivity index (χ1v) is 10.3. The van der Waals surface area contributed by atoms with Crippen molar-refractivity contribution in [2.45, 2.75) is 46.8 Å². The van der Waals surface area contributed by atoms with Gasteiger partial charge in [0, 0.05) is 26.2 Å². The van der Waals surface area contributed by atoms with E-state index in [0.717, 1.165) is 16.7 Å². The number of carbonyl (C=O) groups excluding carboxylic acids is 3. The van der Waals surface area contributed by atoms with E-state index in [9.17, 15) is 14.4 Å². The largest absolute Gasteiger partial charge is 0.452 e. The third kappa shape index (κ3) is 7.77. The number of nitrogens with one attached hydrogen (secondary N) is 2. The highest BCUT2D eigenvalue weighted by Crippen LogP contribution is 2.13. The Hall–Kier alpha value is -3.35. The molecule has 2 rings (SSSR count). The van der Waals surface area contributed by atoms with Crippen molar-refractivity contribution in [2.75, 3.05) is 13.7 Å². The number of benzene rings is 2. The average Bonchev–Trinajstić information content (AvgIpc) is 2.72. The second-order valence-corrected chi connectivity index (χ2v) is 7.93. The van der Waals surface area contributed by atoms with Crippen LogP contribution in [-0.2, 0) is 22.6 Å². The van der Waals surface area contributed by atoms with Gasteiger partial charge < -0.3 is 20.3 Å². The van der Waals surface area contributed by atoms with Crippen molar-refractivity contribution in [1.82, 2.24) is 15.5 Å². The number of ether oxygens (including phenoxy) is 1.